The van der Waals surface area contributed by atoms with Gasteiger partial charge in [0.2, 0.25) is 0 Å². The fraction of sp³-hybridized carbons (Fsp3) is 0.545. The first-order chi connectivity index (χ1) is 7.63. The van der Waals surface area contributed by atoms with E-state index < -0.39 is 0 Å². The second kappa shape index (κ2) is 6.62. The molecule has 0 fully saturated rings. The van der Waals surface area contributed by atoms with Crippen LogP contribution < -0.4 is 11.1 Å². The molecule has 1 heterocycles. The third kappa shape index (κ3) is 4.30. The van der Waals surface area contributed by atoms with Crippen LogP contribution in [0.15, 0.2) is 12.1 Å². The minimum atomic E-state index is 0.00320. The van der Waals surface area contributed by atoms with Gasteiger partial charge in [-0.3, -0.25) is 4.79 Å². The molecule has 90 valence electrons. The number of amides is 1. The first-order valence-corrected chi connectivity index (χ1v) is 6.17. The molecule has 1 rings (SSSR count). The maximum atomic E-state index is 11.7. The summed E-state index contributed by atoms with van der Waals surface area (Å²) in [5, 5.41) is 2.90. The maximum absolute atomic E-state index is 11.7. The fourth-order valence-electron chi connectivity index (χ4n) is 1.29. The minimum absolute atomic E-state index is 0.00320. The van der Waals surface area contributed by atoms with Gasteiger partial charge in [-0.2, -0.15) is 0 Å². The highest BCUT2D eigenvalue weighted by molar-refractivity contribution is 7.14. The van der Waals surface area contributed by atoms with E-state index in [1.807, 2.05) is 26.2 Å². The number of carbonyl (C=O) groups excluding carboxylic acids is 1. The number of hydrogen-bond acceptors (Lipinski definition) is 4. The molecular weight excluding hydrogens is 222 g/mol. The molecule has 4 nitrogen and oxygen atoms in total. The van der Waals surface area contributed by atoms with Gasteiger partial charge in [0.15, 0.2) is 0 Å². The Morgan fingerprint density at radius 2 is 2.25 bits per heavy atom. The van der Waals surface area contributed by atoms with Crippen LogP contribution >= 0.6 is 11.3 Å². The van der Waals surface area contributed by atoms with Gasteiger partial charge in [-0.05, 0) is 39.2 Å². The molecule has 16 heavy (non-hydrogen) atoms. The Balaban J connectivity index is 2.29. The highest BCUT2D eigenvalue weighted by Crippen LogP contribution is 2.15. The molecule has 0 saturated heterocycles. The van der Waals surface area contributed by atoms with Gasteiger partial charge >= 0.3 is 0 Å². The van der Waals surface area contributed by atoms with E-state index in [4.69, 9.17) is 5.73 Å². The quantitative estimate of drug-likeness (QED) is 0.727. The summed E-state index contributed by atoms with van der Waals surface area (Å²) in [5.74, 6) is 0.00320. The van der Waals surface area contributed by atoms with Crippen LogP contribution in [0.2, 0.25) is 0 Å². The number of nitrogens with zero attached hydrogens (tertiary/aromatic N) is 1. The molecule has 0 aliphatic heterocycles. The molecule has 0 aromatic carbocycles. The van der Waals surface area contributed by atoms with Gasteiger partial charge in [0.25, 0.3) is 5.91 Å². The summed E-state index contributed by atoms with van der Waals surface area (Å²) >= 11 is 1.46. The molecule has 0 bridgehead atoms. The summed E-state index contributed by atoms with van der Waals surface area (Å²) in [6, 6.07) is 3.73. The molecule has 5 heteroatoms. The van der Waals surface area contributed by atoms with Crippen LogP contribution in [-0.2, 0) is 6.54 Å². The van der Waals surface area contributed by atoms with Crippen molar-refractivity contribution in [2.45, 2.75) is 13.0 Å². The number of hydrogen-bond donors (Lipinski definition) is 2. The van der Waals surface area contributed by atoms with E-state index in [0.717, 1.165) is 22.7 Å². The standard InChI is InChI=1S/C11H19N3OS/c1-14(2)7-3-6-13-11(15)10-5-4-9(8-12)16-10/h4-5H,3,6-8,12H2,1-2H3,(H,13,15). The van der Waals surface area contributed by atoms with E-state index in [0.29, 0.717) is 13.1 Å². The zero-order chi connectivity index (χ0) is 12.0. The Bertz CT molecular complexity index is 336. The first-order valence-electron chi connectivity index (χ1n) is 5.35. The van der Waals surface area contributed by atoms with Crippen LogP contribution in [0.1, 0.15) is 21.0 Å². The van der Waals surface area contributed by atoms with Gasteiger partial charge in [0.05, 0.1) is 4.88 Å². The summed E-state index contributed by atoms with van der Waals surface area (Å²) in [4.78, 5) is 15.5. The molecule has 1 aromatic rings. The number of nitrogens with one attached hydrogen (secondary N) is 1. The van der Waals surface area contributed by atoms with Crippen molar-refractivity contribution in [1.82, 2.24) is 10.2 Å². The number of carbonyl (C=O) groups is 1. The summed E-state index contributed by atoms with van der Waals surface area (Å²) in [5.41, 5.74) is 5.49. The summed E-state index contributed by atoms with van der Waals surface area (Å²) in [6.07, 6.45) is 0.966. The Morgan fingerprint density at radius 1 is 1.50 bits per heavy atom. The average Bonchev–Trinajstić information content (AvgIpc) is 2.72. The van der Waals surface area contributed by atoms with Gasteiger partial charge < -0.3 is 16.0 Å². The van der Waals surface area contributed by atoms with Crippen molar-refractivity contribution in [1.29, 1.82) is 0 Å². The predicted octanol–water partition coefficient (Wildman–Crippen LogP) is 0.888. The van der Waals surface area contributed by atoms with Crippen molar-refractivity contribution < 1.29 is 4.79 Å². The number of nitrogens with two attached hydrogens (primary N) is 1. The van der Waals surface area contributed by atoms with E-state index in [9.17, 15) is 4.79 Å². The number of thiophene rings is 1. The third-order valence-electron chi connectivity index (χ3n) is 2.15. The molecule has 0 saturated carbocycles. The molecule has 1 amide bonds. The molecule has 0 atom stereocenters. The molecule has 1 aromatic heterocycles. The van der Waals surface area contributed by atoms with Crippen molar-refractivity contribution in [2.75, 3.05) is 27.2 Å². The molecule has 3 N–H and O–H groups in total. The lowest BCUT2D eigenvalue weighted by atomic mass is 10.3. The molecule has 0 aliphatic carbocycles. The SMILES string of the molecule is CN(C)CCCNC(=O)c1ccc(CN)s1. The lowest BCUT2D eigenvalue weighted by Gasteiger charge is -2.09. The van der Waals surface area contributed by atoms with Gasteiger partial charge in [-0.1, -0.05) is 0 Å². The molecular formula is C11H19N3OS. The Labute approximate surface area is 100 Å². The van der Waals surface area contributed by atoms with Gasteiger partial charge in [0.1, 0.15) is 0 Å². The zero-order valence-electron chi connectivity index (χ0n) is 9.82. The van der Waals surface area contributed by atoms with E-state index in [1.54, 1.807) is 0 Å². The van der Waals surface area contributed by atoms with E-state index >= 15 is 0 Å². The normalized spacial score (nSPS) is 10.8. The lowest BCUT2D eigenvalue weighted by Crippen LogP contribution is -2.26. The zero-order valence-corrected chi connectivity index (χ0v) is 10.6. The molecule has 0 spiro atoms. The molecule has 0 aliphatic rings. The van der Waals surface area contributed by atoms with Crippen LogP contribution in [0.25, 0.3) is 0 Å². The fourth-order valence-corrected chi connectivity index (χ4v) is 2.10. The maximum Gasteiger partial charge on any atom is 0.261 e. The van der Waals surface area contributed by atoms with Gasteiger partial charge in [-0.15, -0.1) is 11.3 Å². The monoisotopic (exact) mass is 241 g/mol. The van der Waals surface area contributed by atoms with Crippen molar-refractivity contribution >= 4 is 17.2 Å². The van der Waals surface area contributed by atoms with Crippen LogP contribution in [0.4, 0.5) is 0 Å². The summed E-state index contributed by atoms with van der Waals surface area (Å²) < 4.78 is 0. The van der Waals surface area contributed by atoms with Crippen LogP contribution in [0.5, 0.6) is 0 Å². The lowest BCUT2D eigenvalue weighted by molar-refractivity contribution is 0.0956. The van der Waals surface area contributed by atoms with Crippen molar-refractivity contribution in [3.05, 3.63) is 21.9 Å². The Kier molecular flexibility index (Phi) is 5.45. The minimum Gasteiger partial charge on any atom is -0.351 e. The van der Waals surface area contributed by atoms with Crippen LogP contribution in [0, 0.1) is 0 Å². The van der Waals surface area contributed by atoms with E-state index in [-0.39, 0.29) is 5.91 Å². The second-order valence-corrected chi connectivity index (χ2v) is 5.05. The van der Waals surface area contributed by atoms with Gasteiger partial charge in [0, 0.05) is 18.0 Å². The molecule has 0 radical (unpaired) electrons. The van der Waals surface area contributed by atoms with Crippen LogP contribution in [0.3, 0.4) is 0 Å². The highest BCUT2D eigenvalue weighted by atomic mass is 32.1. The van der Waals surface area contributed by atoms with Gasteiger partial charge in [-0.25, -0.2) is 0 Å². The second-order valence-electron chi connectivity index (χ2n) is 3.88. The van der Waals surface area contributed by atoms with E-state index in [2.05, 4.69) is 10.2 Å². The summed E-state index contributed by atoms with van der Waals surface area (Å²) in [6.45, 7) is 2.20. The van der Waals surface area contributed by atoms with Crippen molar-refractivity contribution in [3.8, 4) is 0 Å². The van der Waals surface area contributed by atoms with Crippen molar-refractivity contribution in [3.63, 3.8) is 0 Å². The first kappa shape index (κ1) is 13.2. The smallest absolute Gasteiger partial charge is 0.261 e. The third-order valence-corrected chi connectivity index (χ3v) is 3.26. The largest absolute Gasteiger partial charge is 0.351 e. The van der Waals surface area contributed by atoms with Crippen LogP contribution in [-0.4, -0.2) is 38.0 Å². The van der Waals surface area contributed by atoms with E-state index in [1.165, 1.54) is 11.3 Å². The topological polar surface area (TPSA) is 58.4 Å². The number of rotatable bonds is 6. The molecule has 0 unspecified atom stereocenters. The predicted molar refractivity (Wildman–Crippen MR) is 67.7 cm³/mol. The average molecular weight is 241 g/mol. The Morgan fingerprint density at radius 3 is 2.81 bits per heavy atom. The summed E-state index contributed by atoms with van der Waals surface area (Å²) in [7, 11) is 4.04. The Hall–Kier alpha value is -0.910. The highest BCUT2D eigenvalue weighted by Gasteiger charge is 2.07. The van der Waals surface area contributed by atoms with Crippen molar-refractivity contribution in [2.24, 2.45) is 5.73 Å².